The molecular weight excluding hydrogens is 446 g/mol. The number of carbonyl (C=O) groups is 1. The van der Waals surface area contributed by atoms with Gasteiger partial charge in [-0.3, -0.25) is 4.79 Å². The zero-order valence-corrected chi connectivity index (χ0v) is 16.4. The van der Waals surface area contributed by atoms with Crippen LogP contribution in [0, 0.1) is 5.41 Å². The zero-order chi connectivity index (χ0) is 24.4. The first-order valence-electron chi connectivity index (χ1n) is 8.51. The van der Waals surface area contributed by atoms with Gasteiger partial charge in [-0.1, -0.05) is 13.8 Å². The van der Waals surface area contributed by atoms with Gasteiger partial charge in [-0.15, -0.1) is 0 Å². The quantitative estimate of drug-likeness (QED) is 0.469. The minimum absolute atomic E-state index is 0.322. The number of rotatable bonds is 4. The van der Waals surface area contributed by atoms with Gasteiger partial charge in [-0.2, -0.15) is 43.9 Å². The number of hydrogen-bond donors (Lipinski definition) is 1. The van der Waals surface area contributed by atoms with E-state index in [9.17, 15) is 53.8 Å². The van der Waals surface area contributed by atoms with Gasteiger partial charge in [0.2, 0.25) is 11.2 Å². The number of carbonyl (C=O) groups excluding carboxylic acids is 1. The molecule has 1 saturated heterocycles. The van der Waals surface area contributed by atoms with Crippen molar-refractivity contribution in [1.82, 2.24) is 0 Å². The Morgan fingerprint density at radius 3 is 1.67 bits per heavy atom. The third-order valence-corrected chi connectivity index (χ3v) is 5.50. The van der Waals surface area contributed by atoms with Gasteiger partial charge >= 0.3 is 36.0 Å². The van der Waals surface area contributed by atoms with Crippen molar-refractivity contribution in [3.05, 3.63) is 0 Å². The molecule has 1 aliphatic rings. The molecule has 14 heteroatoms. The summed E-state index contributed by atoms with van der Waals surface area (Å²) in [6, 6.07) is 0. The van der Waals surface area contributed by atoms with Crippen LogP contribution in [0.4, 0.5) is 43.9 Å². The maximum Gasteiger partial charge on any atom is 0.462 e. The Morgan fingerprint density at radius 1 is 0.933 bits per heavy atom. The highest BCUT2D eigenvalue weighted by molar-refractivity contribution is 5.76. The summed E-state index contributed by atoms with van der Waals surface area (Å²) in [7, 11) is 0. The van der Waals surface area contributed by atoms with E-state index in [2.05, 4.69) is 9.47 Å². The molecule has 0 aromatic rings. The minimum Gasteiger partial charge on any atom is -0.417 e. The van der Waals surface area contributed by atoms with Crippen molar-refractivity contribution in [2.24, 2.45) is 5.41 Å². The van der Waals surface area contributed by atoms with Crippen LogP contribution in [0.25, 0.3) is 0 Å². The first-order chi connectivity index (χ1) is 13.0. The molecule has 1 heterocycles. The second kappa shape index (κ2) is 6.84. The van der Waals surface area contributed by atoms with Crippen molar-refractivity contribution in [3.8, 4) is 0 Å². The number of esters is 1. The van der Waals surface area contributed by atoms with E-state index in [1.165, 1.54) is 6.92 Å². The summed E-state index contributed by atoms with van der Waals surface area (Å²) in [6.45, 7) is 2.75. The summed E-state index contributed by atoms with van der Waals surface area (Å²) in [4.78, 5) is 12.1. The zero-order valence-electron chi connectivity index (χ0n) is 16.4. The lowest BCUT2D eigenvalue weighted by Crippen LogP contribution is -2.87. The first-order valence-corrected chi connectivity index (χ1v) is 8.51. The third kappa shape index (κ3) is 3.07. The van der Waals surface area contributed by atoms with Crippen LogP contribution in [0.3, 0.4) is 0 Å². The van der Waals surface area contributed by atoms with E-state index in [1.54, 1.807) is 0 Å². The molecule has 1 N–H and O–H groups in total. The Kier molecular flexibility index (Phi) is 6.10. The van der Waals surface area contributed by atoms with Crippen molar-refractivity contribution >= 4 is 5.97 Å². The molecule has 0 saturated carbocycles. The molecule has 4 nitrogen and oxygen atoms in total. The summed E-state index contributed by atoms with van der Waals surface area (Å²) in [5, 5.41) is 9.94. The van der Waals surface area contributed by atoms with Crippen LogP contribution in [0.1, 0.15) is 47.5 Å². The van der Waals surface area contributed by atoms with Crippen LogP contribution in [0.5, 0.6) is 0 Å². The predicted octanol–water partition coefficient (Wildman–Crippen LogP) is 4.99. The summed E-state index contributed by atoms with van der Waals surface area (Å²) < 4.78 is 148. The van der Waals surface area contributed by atoms with Gasteiger partial charge in [-0.05, 0) is 33.6 Å². The van der Waals surface area contributed by atoms with Crippen LogP contribution < -0.4 is 0 Å². The molecule has 0 amide bonds. The van der Waals surface area contributed by atoms with Gasteiger partial charge in [0.25, 0.3) is 0 Å². The number of aliphatic hydroxyl groups is 1. The lowest BCUT2D eigenvalue weighted by molar-refractivity contribution is -0.555. The largest absolute Gasteiger partial charge is 0.462 e. The van der Waals surface area contributed by atoms with Crippen LogP contribution in [0.15, 0.2) is 0 Å². The van der Waals surface area contributed by atoms with E-state index in [4.69, 9.17) is 0 Å². The van der Waals surface area contributed by atoms with Gasteiger partial charge in [0, 0.05) is 0 Å². The van der Waals surface area contributed by atoms with E-state index in [0.717, 1.165) is 13.8 Å². The number of hydrogen-bond acceptors (Lipinski definition) is 4. The van der Waals surface area contributed by atoms with Gasteiger partial charge in [0.05, 0.1) is 5.41 Å². The number of ether oxygens (including phenoxy) is 2. The Bertz CT molecular complexity index is 680. The molecule has 3 unspecified atom stereocenters. The van der Waals surface area contributed by atoms with Crippen molar-refractivity contribution < 1.29 is 63.3 Å². The molecule has 1 rings (SSSR count). The fraction of sp³-hybridized carbons (Fsp3) is 0.938. The highest BCUT2D eigenvalue weighted by Crippen LogP contribution is 2.66. The van der Waals surface area contributed by atoms with Crippen molar-refractivity contribution in [2.75, 3.05) is 0 Å². The average Bonchev–Trinajstić information content (AvgIpc) is 2.56. The Labute approximate surface area is 164 Å². The van der Waals surface area contributed by atoms with E-state index in [1.807, 2.05) is 0 Å². The fourth-order valence-corrected chi connectivity index (χ4v) is 2.75. The molecule has 0 aliphatic carbocycles. The van der Waals surface area contributed by atoms with Crippen molar-refractivity contribution in [1.29, 1.82) is 0 Å². The standard InChI is InChI=1S/C16H20F10O4/c1-6-9(3,4)8(27)29-14(16(24,25)26)13(19,20)11(28,7-2)12(17,18)10(5,30-14)15(21,22)23/h28H,6-7H2,1-5H3. The molecule has 0 radical (unpaired) electrons. The minimum atomic E-state index is -6.66. The monoisotopic (exact) mass is 466 g/mol. The Hall–Kier alpha value is -1.31. The van der Waals surface area contributed by atoms with E-state index in [0.29, 0.717) is 6.92 Å². The molecule has 1 aliphatic heterocycles. The smallest absolute Gasteiger partial charge is 0.417 e. The van der Waals surface area contributed by atoms with Crippen LogP contribution >= 0.6 is 0 Å². The molecule has 0 bridgehead atoms. The van der Waals surface area contributed by atoms with Crippen molar-refractivity contribution in [2.45, 2.75) is 88.6 Å². The lowest BCUT2D eigenvalue weighted by Gasteiger charge is -2.59. The molecule has 0 spiro atoms. The second-order valence-corrected chi connectivity index (χ2v) is 7.74. The first kappa shape index (κ1) is 26.7. The summed E-state index contributed by atoms with van der Waals surface area (Å²) in [5.74, 6) is -20.2. The fourth-order valence-electron chi connectivity index (χ4n) is 2.75. The molecule has 30 heavy (non-hydrogen) atoms. The SMILES string of the molecule is CCC(C)(C)C(=O)OC1(C(F)(F)F)OC(C)(C(F)(F)F)C(F)(F)C(O)(CC)C1(F)F. The molecular formula is C16H20F10O4. The van der Waals surface area contributed by atoms with Gasteiger partial charge in [0.15, 0.2) is 0 Å². The summed E-state index contributed by atoms with van der Waals surface area (Å²) >= 11 is 0. The second-order valence-electron chi connectivity index (χ2n) is 7.74. The Balaban J connectivity index is 4.03. The number of alkyl halides is 10. The highest BCUT2D eigenvalue weighted by Gasteiger charge is 2.95. The normalized spacial score (nSPS) is 34.5. The summed E-state index contributed by atoms with van der Waals surface area (Å²) in [6.07, 6.45) is -15.4. The van der Waals surface area contributed by atoms with Gasteiger partial charge < -0.3 is 14.6 Å². The average molecular weight is 466 g/mol. The maximum atomic E-state index is 14.9. The van der Waals surface area contributed by atoms with Crippen LogP contribution in [0.2, 0.25) is 0 Å². The highest BCUT2D eigenvalue weighted by atomic mass is 19.4. The Morgan fingerprint density at radius 2 is 1.37 bits per heavy atom. The molecule has 0 aromatic heterocycles. The molecule has 1 fully saturated rings. The van der Waals surface area contributed by atoms with E-state index >= 15 is 0 Å². The topological polar surface area (TPSA) is 55.8 Å². The molecule has 0 aromatic carbocycles. The number of halogens is 10. The van der Waals surface area contributed by atoms with Gasteiger partial charge in [0.1, 0.15) is 0 Å². The van der Waals surface area contributed by atoms with E-state index < -0.39 is 65.9 Å². The molecule has 3 atom stereocenters. The van der Waals surface area contributed by atoms with Crippen LogP contribution in [-0.2, 0) is 14.3 Å². The predicted molar refractivity (Wildman–Crippen MR) is 79.6 cm³/mol. The third-order valence-electron chi connectivity index (χ3n) is 5.50. The van der Waals surface area contributed by atoms with Gasteiger partial charge in [-0.25, -0.2) is 0 Å². The van der Waals surface area contributed by atoms with E-state index in [-0.39, 0.29) is 6.42 Å². The lowest BCUT2D eigenvalue weighted by atomic mass is 9.70. The maximum absolute atomic E-state index is 14.9. The van der Waals surface area contributed by atoms with Crippen LogP contribution in [-0.4, -0.2) is 52.3 Å². The molecule has 178 valence electrons. The summed E-state index contributed by atoms with van der Waals surface area (Å²) in [5.41, 5.74) is -12.5. The van der Waals surface area contributed by atoms with Crippen molar-refractivity contribution in [3.63, 3.8) is 0 Å².